The Morgan fingerprint density at radius 3 is 2.38 bits per heavy atom. The second-order valence-corrected chi connectivity index (χ2v) is 7.03. The summed E-state index contributed by atoms with van der Waals surface area (Å²) in [6.07, 6.45) is -3.92. The second-order valence-electron chi connectivity index (χ2n) is 6.17. The Kier molecular flexibility index (Phi) is 4.94. The number of rotatable bonds is 3. The van der Waals surface area contributed by atoms with E-state index in [1.54, 1.807) is 0 Å². The first kappa shape index (κ1) is 17.4. The Morgan fingerprint density at radius 1 is 1.17 bits per heavy atom. The van der Waals surface area contributed by atoms with Crippen LogP contribution in [0, 0.1) is 0 Å². The van der Waals surface area contributed by atoms with E-state index in [4.69, 9.17) is 4.74 Å². The Balaban J connectivity index is 1.69. The molecule has 0 amide bonds. The average molecular weight is 356 g/mol. The average Bonchev–Trinajstić information content (AvgIpc) is 2.94. The van der Waals surface area contributed by atoms with Gasteiger partial charge in [-0.2, -0.15) is 13.2 Å². The number of hydrogen-bond donors (Lipinski definition) is 0. The van der Waals surface area contributed by atoms with E-state index >= 15 is 0 Å². The fourth-order valence-electron chi connectivity index (χ4n) is 2.96. The molecule has 1 fully saturated rings. The van der Waals surface area contributed by atoms with Gasteiger partial charge in [0, 0.05) is 30.6 Å². The Labute approximate surface area is 143 Å². The van der Waals surface area contributed by atoms with E-state index < -0.39 is 11.7 Å². The second kappa shape index (κ2) is 6.82. The molecular weight excluding hydrogens is 337 g/mol. The number of hydrogen-bond acceptors (Lipinski definition) is 4. The molecule has 0 unspecified atom stereocenters. The van der Waals surface area contributed by atoms with Gasteiger partial charge in [0.15, 0.2) is 0 Å². The largest absolute Gasteiger partial charge is 0.416 e. The van der Waals surface area contributed by atoms with Gasteiger partial charge in [0.05, 0.1) is 23.5 Å². The molecule has 24 heavy (non-hydrogen) atoms. The van der Waals surface area contributed by atoms with Crippen molar-refractivity contribution in [3.05, 3.63) is 40.9 Å². The minimum Gasteiger partial charge on any atom is -0.373 e. The summed E-state index contributed by atoms with van der Waals surface area (Å²) in [7, 11) is 0. The van der Waals surface area contributed by atoms with Crippen molar-refractivity contribution in [2.24, 2.45) is 0 Å². The molecule has 7 heteroatoms. The number of thiazole rings is 1. The molecule has 3 rings (SSSR count). The third kappa shape index (κ3) is 4.15. The lowest BCUT2D eigenvalue weighted by Gasteiger charge is -2.34. The van der Waals surface area contributed by atoms with Crippen molar-refractivity contribution >= 4 is 11.3 Å². The summed E-state index contributed by atoms with van der Waals surface area (Å²) in [5.41, 5.74) is 1.01. The fourth-order valence-corrected chi connectivity index (χ4v) is 3.77. The fraction of sp³-hybridized carbons (Fsp3) is 0.471. The van der Waals surface area contributed by atoms with Crippen LogP contribution in [0.1, 0.15) is 25.1 Å². The normalized spacial score (nSPS) is 22.7. The topological polar surface area (TPSA) is 25.4 Å². The third-order valence-electron chi connectivity index (χ3n) is 3.89. The van der Waals surface area contributed by atoms with Crippen molar-refractivity contribution in [2.75, 3.05) is 13.1 Å². The molecule has 3 nitrogen and oxygen atoms in total. The van der Waals surface area contributed by atoms with E-state index in [9.17, 15) is 13.2 Å². The van der Waals surface area contributed by atoms with E-state index in [0.29, 0.717) is 5.56 Å². The number of aromatic nitrogens is 1. The number of nitrogens with zero attached hydrogens (tertiary/aromatic N) is 2. The number of morpholine rings is 1. The highest BCUT2D eigenvalue weighted by Gasteiger charge is 2.30. The zero-order valence-corrected chi connectivity index (χ0v) is 14.3. The van der Waals surface area contributed by atoms with Gasteiger partial charge in [0.2, 0.25) is 0 Å². The van der Waals surface area contributed by atoms with E-state index in [-0.39, 0.29) is 12.2 Å². The van der Waals surface area contributed by atoms with Gasteiger partial charge in [-0.25, -0.2) is 4.98 Å². The van der Waals surface area contributed by atoms with Gasteiger partial charge in [0.1, 0.15) is 5.01 Å². The third-order valence-corrected chi connectivity index (χ3v) is 4.83. The maximum Gasteiger partial charge on any atom is 0.416 e. The van der Waals surface area contributed by atoms with Crippen LogP contribution >= 0.6 is 11.3 Å². The van der Waals surface area contributed by atoms with Gasteiger partial charge < -0.3 is 4.74 Å². The molecule has 0 N–H and O–H groups in total. The van der Waals surface area contributed by atoms with Crippen LogP contribution in [0.4, 0.5) is 13.2 Å². The van der Waals surface area contributed by atoms with Crippen molar-refractivity contribution in [2.45, 2.75) is 38.8 Å². The maximum absolute atomic E-state index is 12.6. The molecule has 130 valence electrons. The lowest BCUT2D eigenvalue weighted by atomic mass is 10.1. The molecule has 2 heterocycles. The predicted molar refractivity (Wildman–Crippen MR) is 87.8 cm³/mol. The Bertz CT molecular complexity index is 674. The summed E-state index contributed by atoms with van der Waals surface area (Å²) < 4.78 is 43.6. The molecule has 2 aromatic rings. The molecule has 1 aromatic carbocycles. The van der Waals surface area contributed by atoms with Crippen LogP contribution in [0.3, 0.4) is 0 Å². The monoisotopic (exact) mass is 356 g/mol. The first-order valence-electron chi connectivity index (χ1n) is 7.81. The Hall–Kier alpha value is -1.44. The summed E-state index contributed by atoms with van der Waals surface area (Å²) in [5, 5.41) is 2.71. The zero-order chi connectivity index (χ0) is 17.3. The summed E-state index contributed by atoms with van der Waals surface area (Å²) in [6.45, 7) is 6.55. The highest BCUT2D eigenvalue weighted by molar-refractivity contribution is 7.13. The number of halogens is 3. The van der Waals surface area contributed by atoms with Crippen LogP contribution in [0.25, 0.3) is 10.6 Å². The van der Waals surface area contributed by atoms with E-state index in [0.717, 1.165) is 42.5 Å². The van der Waals surface area contributed by atoms with E-state index in [1.807, 2.05) is 5.38 Å². The summed E-state index contributed by atoms with van der Waals surface area (Å²) in [5.74, 6) is 0. The van der Waals surface area contributed by atoms with Crippen LogP contribution in [-0.2, 0) is 17.5 Å². The molecule has 2 atom stereocenters. The Morgan fingerprint density at radius 2 is 1.79 bits per heavy atom. The minimum atomic E-state index is -4.31. The van der Waals surface area contributed by atoms with Crippen LogP contribution in [0.15, 0.2) is 29.6 Å². The number of ether oxygens (including phenoxy) is 1. The summed E-state index contributed by atoms with van der Waals surface area (Å²) >= 11 is 1.46. The molecule has 1 saturated heterocycles. The molecule has 0 saturated carbocycles. The van der Waals surface area contributed by atoms with E-state index in [2.05, 4.69) is 23.7 Å². The molecule has 1 aliphatic heterocycles. The molecule has 0 spiro atoms. The van der Waals surface area contributed by atoms with Gasteiger partial charge in [-0.1, -0.05) is 12.1 Å². The van der Waals surface area contributed by atoms with Crippen LogP contribution < -0.4 is 0 Å². The first-order chi connectivity index (χ1) is 11.3. The highest BCUT2D eigenvalue weighted by Crippen LogP contribution is 2.32. The molecule has 0 radical (unpaired) electrons. The van der Waals surface area contributed by atoms with Gasteiger partial charge in [-0.15, -0.1) is 11.3 Å². The van der Waals surface area contributed by atoms with Crippen LogP contribution in [0.2, 0.25) is 0 Å². The quantitative estimate of drug-likeness (QED) is 0.813. The minimum absolute atomic E-state index is 0.196. The van der Waals surface area contributed by atoms with E-state index in [1.165, 1.54) is 23.5 Å². The lowest BCUT2D eigenvalue weighted by Crippen LogP contribution is -2.44. The molecule has 0 aliphatic carbocycles. The van der Waals surface area contributed by atoms with Crippen LogP contribution in [0.5, 0.6) is 0 Å². The molecular formula is C17H19F3N2OS. The standard InChI is InChI=1S/C17H19F3N2OS/c1-11-7-22(8-12(2)23-11)9-15-10-24-16(21-15)13-3-5-14(6-4-13)17(18,19)20/h3-6,10-12H,7-9H2,1-2H3/t11-,12-/m0/s1. The SMILES string of the molecule is C[C@H]1CN(Cc2csc(-c3ccc(C(F)(F)F)cc3)n2)C[C@H](C)O1. The first-order valence-corrected chi connectivity index (χ1v) is 8.69. The number of benzene rings is 1. The van der Waals surface area contributed by atoms with Gasteiger partial charge >= 0.3 is 6.18 Å². The van der Waals surface area contributed by atoms with Crippen molar-refractivity contribution < 1.29 is 17.9 Å². The predicted octanol–water partition coefficient (Wildman–Crippen LogP) is 4.44. The van der Waals surface area contributed by atoms with Gasteiger partial charge in [-0.3, -0.25) is 4.90 Å². The molecule has 1 aliphatic rings. The lowest BCUT2D eigenvalue weighted by molar-refractivity contribution is -0.137. The zero-order valence-electron chi connectivity index (χ0n) is 13.5. The van der Waals surface area contributed by atoms with Crippen molar-refractivity contribution in [3.63, 3.8) is 0 Å². The maximum atomic E-state index is 12.6. The summed E-state index contributed by atoms with van der Waals surface area (Å²) in [6, 6.07) is 5.15. The van der Waals surface area contributed by atoms with Gasteiger partial charge in [0.25, 0.3) is 0 Å². The van der Waals surface area contributed by atoms with Crippen LogP contribution in [-0.4, -0.2) is 35.2 Å². The number of alkyl halides is 3. The van der Waals surface area contributed by atoms with Crippen molar-refractivity contribution in [1.29, 1.82) is 0 Å². The molecule has 0 bridgehead atoms. The van der Waals surface area contributed by atoms with Crippen molar-refractivity contribution in [1.82, 2.24) is 9.88 Å². The smallest absolute Gasteiger partial charge is 0.373 e. The molecule has 1 aromatic heterocycles. The van der Waals surface area contributed by atoms with Crippen molar-refractivity contribution in [3.8, 4) is 10.6 Å². The summed E-state index contributed by atoms with van der Waals surface area (Å²) in [4.78, 5) is 6.87. The highest BCUT2D eigenvalue weighted by atomic mass is 32.1. The van der Waals surface area contributed by atoms with Gasteiger partial charge in [-0.05, 0) is 26.0 Å².